The van der Waals surface area contributed by atoms with E-state index in [1.54, 1.807) is 31.2 Å². The standard InChI is InChI=1S/C19H19F3N2O3/c1-3-27-17-10-5-4-9-16(17)23-18(26)12-24(13(2)25)15-8-6-7-14(11-15)19(20,21)22/h4-11H,3,12H2,1-2H3,(H,23,26). The van der Waals surface area contributed by atoms with Gasteiger partial charge in [0.05, 0.1) is 17.9 Å². The third kappa shape index (κ3) is 5.47. The number of amides is 2. The van der Waals surface area contributed by atoms with Gasteiger partial charge in [0, 0.05) is 12.6 Å². The summed E-state index contributed by atoms with van der Waals surface area (Å²) >= 11 is 0. The zero-order valence-corrected chi connectivity index (χ0v) is 14.8. The van der Waals surface area contributed by atoms with Gasteiger partial charge in [-0.1, -0.05) is 18.2 Å². The number of hydrogen-bond acceptors (Lipinski definition) is 3. The maximum absolute atomic E-state index is 12.9. The lowest BCUT2D eigenvalue weighted by Crippen LogP contribution is -2.36. The molecule has 0 unspecified atom stereocenters. The predicted octanol–water partition coefficient (Wildman–Crippen LogP) is 4.10. The van der Waals surface area contributed by atoms with Crippen LogP contribution in [0.1, 0.15) is 19.4 Å². The molecule has 0 atom stereocenters. The summed E-state index contributed by atoms with van der Waals surface area (Å²) in [6, 6.07) is 11.0. The summed E-state index contributed by atoms with van der Waals surface area (Å²) in [7, 11) is 0. The van der Waals surface area contributed by atoms with Crippen molar-refractivity contribution >= 4 is 23.2 Å². The molecule has 0 saturated heterocycles. The van der Waals surface area contributed by atoms with Crippen LogP contribution in [-0.2, 0) is 15.8 Å². The summed E-state index contributed by atoms with van der Waals surface area (Å²) in [6.45, 7) is 2.94. The number of rotatable bonds is 6. The Bertz CT molecular complexity index is 822. The van der Waals surface area contributed by atoms with Crippen LogP contribution in [-0.4, -0.2) is 25.0 Å². The second kappa shape index (κ2) is 8.57. The summed E-state index contributed by atoms with van der Waals surface area (Å²) in [5, 5.41) is 2.62. The molecule has 1 N–H and O–H groups in total. The number of halogens is 3. The van der Waals surface area contributed by atoms with Crippen molar-refractivity contribution in [3.8, 4) is 5.75 Å². The topological polar surface area (TPSA) is 58.6 Å². The quantitative estimate of drug-likeness (QED) is 0.821. The van der Waals surface area contributed by atoms with Gasteiger partial charge < -0.3 is 15.0 Å². The summed E-state index contributed by atoms with van der Waals surface area (Å²) in [4.78, 5) is 25.2. The maximum atomic E-state index is 12.9. The smallest absolute Gasteiger partial charge is 0.416 e. The Morgan fingerprint density at radius 1 is 1.11 bits per heavy atom. The van der Waals surface area contributed by atoms with E-state index in [9.17, 15) is 22.8 Å². The highest BCUT2D eigenvalue weighted by atomic mass is 19.4. The molecule has 5 nitrogen and oxygen atoms in total. The van der Waals surface area contributed by atoms with Crippen LogP contribution >= 0.6 is 0 Å². The monoisotopic (exact) mass is 380 g/mol. The van der Waals surface area contributed by atoms with Gasteiger partial charge in [-0.25, -0.2) is 0 Å². The molecule has 0 heterocycles. The van der Waals surface area contributed by atoms with Crippen molar-refractivity contribution < 1.29 is 27.5 Å². The Hall–Kier alpha value is -3.03. The lowest BCUT2D eigenvalue weighted by molar-refractivity contribution is -0.137. The van der Waals surface area contributed by atoms with Crippen molar-refractivity contribution in [2.75, 3.05) is 23.4 Å². The van der Waals surface area contributed by atoms with Gasteiger partial charge in [0.15, 0.2) is 0 Å². The number of alkyl halides is 3. The second-order valence-electron chi connectivity index (χ2n) is 5.63. The highest BCUT2D eigenvalue weighted by Gasteiger charge is 2.31. The SMILES string of the molecule is CCOc1ccccc1NC(=O)CN(C(C)=O)c1cccc(C(F)(F)F)c1. The fourth-order valence-corrected chi connectivity index (χ4v) is 2.42. The molecule has 0 aromatic heterocycles. The van der Waals surface area contributed by atoms with Crippen molar-refractivity contribution in [1.29, 1.82) is 0 Å². The van der Waals surface area contributed by atoms with Crippen molar-refractivity contribution in [2.24, 2.45) is 0 Å². The molecule has 8 heteroatoms. The maximum Gasteiger partial charge on any atom is 0.416 e. The third-order valence-electron chi connectivity index (χ3n) is 3.63. The van der Waals surface area contributed by atoms with E-state index >= 15 is 0 Å². The molecule has 0 saturated carbocycles. The number of hydrogen-bond donors (Lipinski definition) is 1. The van der Waals surface area contributed by atoms with Gasteiger partial charge in [-0.05, 0) is 37.3 Å². The highest BCUT2D eigenvalue weighted by molar-refractivity contribution is 6.02. The van der Waals surface area contributed by atoms with Gasteiger partial charge in [-0.2, -0.15) is 13.2 Å². The van der Waals surface area contributed by atoms with Gasteiger partial charge in [0.1, 0.15) is 12.3 Å². The van der Waals surface area contributed by atoms with Crippen LogP contribution in [0, 0.1) is 0 Å². The molecule has 0 bridgehead atoms. The first-order valence-electron chi connectivity index (χ1n) is 8.19. The van der Waals surface area contributed by atoms with E-state index in [4.69, 9.17) is 4.74 Å². The lowest BCUT2D eigenvalue weighted by atomic mass is 10.1. The number of carbonyl (C=O) groups excluding carboxylic acids is 2. The lowest BCUT2D eigenvalue weighted by Gasteiger charge is -2.22. The van der Waals surface area contributed by atoms with Gasteiger partial charge in [0.25, 0.3) is 0 Å². The van der Waals surface area contributed by atoms with Crippen LogP contribution in [0.4, 0.5) is 24.5 Å². The van der Waals surface area contributed by atoms with Crippen LogP contribution < -0.4 is 15.0 Å². The molecule has 2 aromatic rings. The number of nitrogens with zero attached hydrogens (tertiary/aromatic N) is 1. The number of benzene rings is 2. The Kier molecular flexibility index (Phi) is 6.44. The van der Waals surface area contributed by atoms with Crippen LogP contribution in [0.3, 0.4) is 0 Å². The number of carbonyl (C=O) groups is 2. The Labute approximate surface area is 154 Å². The van der Waals surface area contributed by atoms with Crippen LogP contribution in [0.5, 0.6) is 5.75 Å². The molecule has 0 fully saturated rings. The molecule has 0 aliphatic rings. The third-order valence-corrected chi connectivity index (χ3v) is 3.63. The largest absolute Gasteiger partial charge is 0.492 e. The fraction of sp³-hybridized carbons (Fsp3) is 0.263. The summed E-state index contributed by atoms with van der Waals surface area (Å²) in [6.07, 6.45) is -4.54. The average Bonchev–Trinajstić information content (AvgIpc) is 2.61. The Morgan fingerprint density at radius 2 is 1.81 bits per heavy atom. The summed E-state index contributed by atoms with van der Waals surface area (Å²) in [5.74, 6) is -0.654. The Morgan fingerprint density at radius 3 is 2.44 bits per heavy atom. The van der Waals surface area contributed by atoms with Gasteiger partial charge in [-0.3, -0.25) is 9.59 Å². The molecule has 0 aliphatic heterocycles. The zero-order chi connectivity index (χ0) is 20.0. The normalized spacial score (nSPS) is 11.0. The molecule has 144 valence electrons. The molecule has 2 rings (SSSR count). The van der Waals surface area contributed by atoms with Crippen molar-refractivity contribution in [2.45, 2.75) is 20.0 Å². The average molecular weight is 380 g/mol. The first-order valence-corrected chi connectivity index (χ1v) is 8.19. The molecular formula is C19H19F3N2O3. The van der Waals surface area contributed by atoms with Crippen LogP contribution in [0.2, 0.25) is 0 Å². The fourth-order valence-electron chi connectivity index (χ4n) is 2.42. The van der Waals surface area contributed by atoms with E-state index in [0.29, 0.717) is 18.0 Å². The Balaban J connectivity index is 2.20. The molecule has 0 spiro atoms. The summed E-state index contributed by atoms with van der Waals surface area (Å²) < 4.78 is 44.1. The minimum Gasteiger partial charge on any atom is -0.492 e. The van der Waals surface area contributed by atoms with Gasteiger partial charge in [-0.15, -0.1) is 0 Å². The van der Waals surface area contributed by atoms with Crippen LogP contribution in [0.15, 0.2) is 48.5 Å². The van der Waals surface area contributed by atoms with Crippen molar-refractivity contribution in [3.63, 3.8) is 0 Å². The molecule has 2 aromatic carbocycles. The highest BCUT2D eigenvalue weighted by Crippen LogP contribution is 2.31. The van der Waals surface area contributed by atoms with E-state index in [2.05, 4.69) is 5.32 Å². The predicted molar refractivity (Wildman–Crippen MR) is 95.7 cm³/mol. The van der Waals surface area contributed by atoms with E-state index in [1.807, 2.05) is 0 Å². The summed E-state index contributed by atoms with van der Waals surface area (Å²) in [5.41, 5.74) is -0.490. The van der Waals surface area contributed by atoms with E-state index < -0.39 is 30.1 Å². The number of para-hydroxylation sites is 2. The van der Waals surface area contributed by atoms with Crippen molar-refractivity contribution in [1.82, 2.24) is 0 Å². The van der Waals surface area contributed by atoms with Gasteiger partial charge in [0.2, 0.25) is 11.8 Å². The van der Waals surface area contributed by atoms with Gasteiger partial charge >= 0.3 is 6.18 Å². The molecule has 27 heavy (non-hydrogen) atoms. The molecule has 0 radical (unpaired) electrons. The van der Waals surface area contributed by atoms with E-state index in [-0.39, 0.29) is 5.69 Å². The number of ether oxygens (including phenoxy) is 1. The minimum absolute atomic E-state index is 0.00873. The molecule has 0 aliphatic carbocycles. The first kappa shape index (κ1) is 20.3. The molecular weight excluding hydrogens is 361 g/mol. The second-order valence-corrected chi connectivity index (χ2v) is 5.63. The first-order chi connectivity index (χ1) is 12.7. The number of anilines is 2. The zero-order valence-electron chi connectivity index (χ0n) is 14.8. The molecule has 2 amide bonds. The minimum atomic E-state index is -4.54. The number of nitrogens with one attached hydrogen (secondary N) is 1. The van der Waals surface area contributed by atoms with Crippen molar-refractivity contribution in [3.05, 3.63) is 54.1 Å². The van der Waals surface area contributed by atoms with E-state index in [1.165, 1.54) is 19.1 Å². The van der Waals surface area contributed by atoms with Crippen LogP contribution in [0.25, 0.3) is 0 Å². The van der Waals surface area contributed by atoms with E-state index in [0.717, 1.165) is 17.0 Å².